The van der Waals surface area contributed by atoms with E-state index >= 15 is 0 Å². The summed E-state index contributed by atoms with van der Waals surface area (Å²) in [4.78, 5) is 21.7. The predicted molar refractivity (Wildman–Crippen MR) is 98.6 cm³/mol. The number of aromatic nitrogens is 2. The Bertz CT molecular complexity index is 761. The summed E-state index contributed by atoms with van der Waals surface area (Å²) < 4.78 is 6.31. The zero-order chi connectivity index (χ0) is 17.5. The monoisotopic (exact) mass is 413 g/mol. The van der Waals surface area contributed by atoms with Gasteiger partial charge in [0, 0.05) is 40.8 Å². The number of carbonyl (C=O) groups excluding carboxylic acids is 1. The third-order valence-electron chi connectivity index (χ3n) is 4.16. The van der Waals surface area contributed by atoms with E-state index in [0.717, 1.165) is 34.0 Å². The number of halogens is 2. The van der Waals surface area contributed by atoms with E-state index in [1.165, 1.54) is 0 Å². The standard InChI is InChI=1S/C17H21BrClN3O2/c1-17(2,3)24-16(23)22-6-4-10(5-7-22)13-8-11-14(18)12(19)9-20-15(11)21-13/h8-10H,4-7H2,1-3H3,(H,20,21). The summed E-state index contributed by atoms with van der Waals surface area (Å²) in [6, 6.07) is 2.10. The molecule has 7 heteroatoms. The second kappa shape index (κ2) is 6.56. The zero-order valence-corrected chi connectivity index (χ0v) is 16.4. The summed E-state index contributed by atoms with van der Waals surface area (Å²) in [6.07, 6.45) is 3.21. The number of likely N-dealkylation sites (tertiary alicyclic amines) is 1. The van der Waals surface area contributed by atoms with Crippen LogP contribution in [0.4, 0.5) is 4.79 Å². The molecule has 0 spiro atoms. The van der Waals surface area contributed by atoms with Crippen molar-refractivity contribution in [2.24, 2.45) is 0 Å². The van der Waals surface area contributed by atoms with Crippen molar-refractivity contribution < 1.29 is 9.53 Å². The van der Waals surface area contributed by atoms with Crippen LogP contribution in [0.15, 0.2) is 16.7 Å². The van der Waals surface area contributed by atoms with Crippen LogP contribution in [0.3, 0.4) is 0 Å². The maximum absolute atomic E-state index is 12.1. The highest BCUT2D eigenvalue weighted by Gasteiger charge is 2.28. The van der Waals surface area contributed by atoms with Gasteiger partial charge in [-0.1, -0.05) is 11.6 Å². The Labute approximate surface area is 154 Å². The Morgan fingerprint density at radius 2 is 2.08 bits per heavy atom. The molecule has 0 unspecified atom stereocenters. The second-order valence-electron chi connectivity index (χ2n) is 7.15. The molecule has 3 heterocycles. The molecular formula is C17H21BrClN3O2. The van der Waals surface area contributed by atoms with Crippen LogP contribution in [-0.4, -0.2) is 39.7 Å². The maximum Gasteiger partial charge on any atom is 0.410 e. The maximum atomic E-state index is 12.1. The summed E-state index contributed by atoms with van der Waals surface area (Å²) in [7, 11) is 0. The van der Waals surface area contributed by atoms with E-state index in [4.69, 9.17) is 16.3 Å². The van der Waals surface area contributed by atoms with E-state index in [2.05, 4.69) is 32.0 Å². The van der Waals surface area contributed by atoms with Gasteiger partial charge in [-0.3, -0.25) is 0 Å². The molecule has 0 saturated carbocycles. The Morgan fingerprint density at radius 1 is 1.42 bits per heavy atom. The lowest BCUT2D eigenvalue weighted by Gasteiger charge is -2.33. The van der Waals surface area contributed by atoms with Crippen LogP contribution in [0.25, 0.3) is 11.0 Å². The third-order valence-corrected chi connectivity index (χ3v) is 5.53. The lowest BCUT2D eigenvalue weighted by atomic mass is 9.94. The molecule has 0 radical (unpaired) electrons. The highest BCUT2D eigenvalue weighted by Crippen LogP contribution is 2.34. The molecule has 1 aliphatic rings. The van der Waals surface area contributed by atoms with Crippen molar-refractivity contribution in [2.75, 3.05) is 13.1 Å². The van der Waals surface area contributed by atoms with Crippen molar-refractivity contribution >= 4 is 44.7 Å². The first kappa shape index (κ1) is 17.5. The van der Waals surface area contributed by atoms with Crippen molar-refractivity contribution in [1.29, 1.82) is 0 Å². The van der Waals surface area contributed by atoms with Crippen molar-refractivity contribution in [1.82, 2.24) is 14.9 Å². The van der Waals surface area contributed by atoms with E-state index in [0.29, 0.717) is 24.0 Å². The average Bonchev–Trinajstić information content (AvgIpc) is 2.94. The summed E-state index contributed by atoms with van der Waals surface area (Å²) in [5, 5.41) is 1.60. The minimum Gasteiger partial charge on any atom is -0.444 e. The van der Waals surface area contributed by atoms with Crippen LogP contribution in [0.5, 0.6) is 0 Å². The second-order valence-corrected chi connectivity index (χ2v) is 8.35. The Hall–Kier alpha value is -1.27. The van der Waals surface area contributed by atoms with Gasteiger partial charge in [-0.05, 0) is 55.6 Å². The highest BCUT2D eigenvalue weighted by molar-refractivity contribution is 9.10. The van der Waals surface area contributed by atoms with E-state index < -0.39 is 5.60 Å². The van der Waals surface area contributed by atoms with Gasteiger partial charge in [0.15, 0.2) is 0 Å². The number of fused-ring (bicyclic) bond motifs is 1. The lowest BCUT2D eigenvalue weighted by molar-refractivity contribution is 0.0204. The van der Waals surface area contributed by atoms with E-state index in [9.17, 15) is 4.79 Å². The molecule has 5 nitrogen and oxygen atoms in total. The normalized spacial score (nSPS) is 16.6. The fourth-order valence-corrected chi connectivity index (χ4v) is 3.51. The molecule has 1 N–H and O–H groups in total. The number of carbonyl (C=O) groups is 1. The first-order valence-corrected chi connectivity index (χ1v) is 9.22. The van der Waals surface area contributed by atoms with Crippen LogP contribution in [0.1, 0.15) is 45.2 Å². The number of nitrogens with zero attached hydrogens (tertiary/aromatic N) is 2. The Balaban J connectivity index is 1.69. The Morgan fingerprint density at radius 3 is 2.71 bits per heavy atom. The zero-order valence-electron chi connectivity index (χ0n) is 14.0. The summed E-state index contributed by atoms with van der Waals surface area (Å²) in [6.45, 7) is 7.06. The van der Waals surface area contributed by atoms with Crippen molar-refractivity contribution in [2.45, 2.75) is 45.1 Å². The van der Waals surface area contributed by atoms with Crippen LogP contribution < -0.4 is 0 Å². The molecule has 0 bridgehead atoms. The van der Waals surface area contributed by atoms with Gasteiger partial charge in [0.25, 0.3) is 0 Å². The minimum absolute atomic E-state index is 0.228. The molecule has 0 atom stereocenters. The molecular weight excluding hydrogens is 394 g/mol. The molecule has 1 fully saturated rings. The minimum atomic E-state index is -0.456. The number of piperidine rings is 1. The molecule has 0 aliphatic carbocycles. The van der Waals surface area contributed by atoms with Crippen molar-refractivity contribution in [3.8, 4) is 0 Å². The van der Waals surface area contributed by atoms with Crippen LogP contribution in [0.2, 0.25) is 5.02 Å². The third kappa shape index (κ3) is 3.70. The number of pyridine rings is 1. The number of amides is 1. The van der Waals surface area contributed by atoms with Gasteiger partial charge < -0.3 is 14.6 Å². The van der Waals surface area contributed by atoms with E-state index in [1.807, 2.05) is 20.8 Å². The van der Waals surface area contributed by atoms with Crippen LogP contribution >= 0.6 is 27.5 Å². The van der Waals surface area contributed by atoms with Gasteiger partial charge in [-0.15, -0.1) is 0 Å². The Kier molecular flexibility index (Phi) is 4.80. The number of nitrogens with one attached hydrogen (secondary N) is 1. The van der Waals surface area contributed by atoms with E-state index in [1.54, 1.807) is 11.1 Å². The van der Waals surface area contributed by atoms with Gasteiger partial charge >= 0.3 is 6.09 Å². The van der Waals surface area contributed by atoms with Crippen molar-refractivity contribution in [3.05, 3.63) is 27.5 Å². The smallest absolute Gasteiger partial charge is 0.410 e. The molecule has 130 valence electrons. The fraction of sp³-hybridized carbons (Fsp3) is 0.529. The SMILES string of the molecule is CC(C)(C)OC(=O)N1CCC(c2cc3c(Br)c(Cl)cnc3[nH]2)CC1. The van der Waals surface area contributed by atoms with Gasteiger partial charge in [0.1, 0.15) is 11.2 Å². The molecule has 0 aromatic carbocycles. The topological polar surface area (TPSA) is 58.2 Å². The molecule has 3 rings (SSSR count). The number of hydrogen-bond acceptors (Lipinski definition) is 3. The molecule has 24 heavy (non-hydrogen) atoms. The summed E-state index contributed by atoms with van der Waals surface area (Å²) in [5.41, 5.74) is 1.52. The number of hydrogen-bond donors (Lipinski definition) is 1. The fourth-order valence-electron chi connectivity index (χ4n) is 2.96. The number of ether oxygens (including phenoxy) is 1. The molecule has 1 aliphatic heterocycles. The first-order valence-electron chi connectivity index (χ1n) is 8.05. The molecule has 1 amide bonds. The van der Waals surface area contributed by atoms with Crippen LogP contribution in [0, 0.1) is 0 Å². The van der Waals surface area contributed by atoms with Gasteiger partial charge in [0.05, 0.1) is 5.02 Å². The first-order chi connectivity index (χ1) is 11.2. The predicted octanol–water partition coefficient (Wildman–Crippen LogP) is 5.09. The van der Waals surface area contributed by atoms with Gasteiger partial charge in [-0.2, -0.15) is 0 Å². The number of aromatic amines is 1. The summed E-state index contributed by atoms with van der Waals surface area (Å²) >= 11 is 9.62. The van der Waals surface area contributed by atoms with E-state index in [-0.39, 0.29) is 6.09 Å². The van der Waals surface area contributed by atoms with Gasteiger partial charge in [-0.25, -0.2) is 9.78 Å². The van der Waals surface area contributed by atoms with Gasteiger partial charge in [0.2, 0.25) is 0 Å². The lowest BCUT2D eigenvalue weighted by Crippen LogP contribution is -2.41. The highest BCUT2D eigenvalue weighted by atomic mass is 79.9. The number of H-pyrrole nitrogens is 1. The quantitative estimate of drug-likeness (QED) is 0.707. The molecule has 2 aromatic rings. The molecule has 2 aromatic heterocycles. The average molecular weight is 415 g/mol. The largest absolute Gasteiger partial charge is 0.444 e. The van der Waals surface area contributed by atoms with Crippen molar-refractivity contribution in [3.63, 3.8) is 0 Å². The van der Waals surface area contributed by atoms with Crippen LogP contribution in [-0.2, 0) is 4.74 Å². The molecule has 1 saturated heterocycles. The summed E-state index contributed by atoms with van der Waals surface area (Å²) in [5.74, 6) is 0.378. The number of rotatable bonds is 1.